The van der Waals surface area contributed by atoms with Gasteiger partial charge < -0.3 is 4.90 Å². The smallest absolute Gasteiger partial charge is 0.185 e. The number of hydrogen-bond donors (Lipinski definition) is 0. The largest absolute Gasteiger partial charge is 0.352 e. The lowest BCUT2D eigenvalue weighted by Gasteiger charge is -2.37. The number of nitrogens with zero attached hydrogens (tertiary/aromatic N) is 1. The third kappa shape index (κ3) is 3.48. The first-order valence-electron chi connectivity index (χ1n) is 14.0. The standard InChI is InChI=1S/C36H28FNO3/c1-21(2)22-12-14-23(15-13-22)31-32(33(39)24-8-4-3-5-9-24)38-29-18-17-26(37)20-25(29)16-19-30(38)36(31)34(40)27-10-6-7-11-28(27)35(36)41/h3-21,30-32H,1-2H3/t30-,31-,32+/m1/s1. The van der Waals surface area contributed by atoms with Crippen LogP contribution in [0.25, 0.3) is 6.08 Å². The topological polar surface area (TPSA) is 54.5 Å². The molecule has 1 saturated heterocycles. The van der Waals surface area contributed by atoms with Gasteiger partial charge in [0.25, 0.3) is 0 Å². The predicted octanol–water partition coefficient (Wildman–Crippen LogP) is 7.27. The Labute approximate surface area is 238 Å². The van der Waals surface area contributed by atoms with Crippen LogP contribution in [0.2, 0.25) is 0 Å². The number of hydrogen-bond acceptors (Lipinski definition) is 4. The van der Waals surface area contributed by atoms with E-state index in [1.807, 2.05) is 53.4 Å². The minimum atomic E-state index is -1.57. The molecule has 7 rings (SSSR count). The summed E-state index contributed by atoms with van der Waals surface area (Å²) in [6, 6.07) is 26.7. The Balaban J connectivity index is 1.54. The van der Waals surface area contributed by atoms with E-state index in [2.05, 4.69) is 13.8 Å². The molecule has 2 aliphatic heterocycles. The van der Waals surface area contributed by atoms with E-state index in [-0.39, 0.29) is 17.3 Å². The van der Waals surface area contributed by atoms with Crippen LogP contribution >= 0.6 is 0 Å². The van der Waals surface area contributed by atoms with Crippen molar-refractivity contribution in [1.82, 2.24) is 0 Å². The molecule has 1 spiro atoms. The van der Waals surface area contributed by atoms with Crippen LogP contribution in [0.1, 0.15) is 73.4 Å². The fraction of sp³-hybridized carbons (Fsp3) is 0.194. The monoisotopic (exact) mass is 541 g/mol. The second-order valence-electron chi connectivity index (χ2n) is 11.5. The van der Waals surface area contributed by atoms with Crippen LogP contribution in [0.5, 0.6) is 0 Å². The zero-order chi connectivity index (χ0) is 28.5. The molecule has 0 radical (unpaired) electrons. The van der Waals surface area contributed by atoms with Gasteiger partial charge in [-0.3, -0.25) is 14.4 Å². The highest BCUT2D eigenvalue weighted by atomic mass is 19.1. The zero-order valence-electron chi connectivity index (χ0n) is 22.8. The zero-order valence-corrected chi connectivity index (χ0v) is 22.8. The molecule has 2 heterocycles. The Morgan fingerprint density at radius 3 is 2.10 bits per heavy atom. The Bertz CT molecular complexity index is 1720. The van der Waals surface area contributed by atoms with E-state index in [1.54, 1.807) is 48.5 Å². The number of halogens is 1. The van der Waals surface area contributed by atoms with E-state index in [0.717, 1.165) is 11.1 Å². The number of benzene rings is 4. The van der Waals surface area contributed by atoms with Gasteiger partial charge in [0.2, 0.25) is 0 Å². The molecule has 3 aliphatic rings. The van der Waals surface area contributed by atoms with Gasteiger partial charge in [0, 0.05) is 33.9 Å². The Kier molecular flexibility index (Phi) is 5.69. The molecule has 4 nitrogen and oxygen atoms in total. The summed E-state index contributed by atoms with van der Waals surface area (Å²) in [7, 11) is 0. The minimum absolute atomic E-state index is 0.187. The second-order valence-corrected chi connectivity index (χ2v) is 11.5. The highest BCUT2D eigenvalue weighted by molar-refractivity contribution is 6.32. The van der Waals surface area contributed by atoms with Gasteiger partial charge in [0.1, 0.15) is 17.3 Å². The van der Waals surface area contributed by atoms with Gasteiger partial charge in [-0.1, -0.05) is 105 Å². The lowest BCUT2D eigenvalue weighted by molar-refractivity contribution is 0.0666. The van der Waals surface area contributed by atoms with Crippen molar-refractivity contribution in [2.24, 2.45) is 5.41 Å². The van der Waals surface area contributed by atoms with Gasteiger partial charge in [-0.05, 0) is 35.2 Å². The van der Waals surface area contributed by atoms with Crippen LogP contribution in [0.3, 0.4) is 0 Å². The van der Waals surface area contributed by atoms with Crippen molar-refractivity contribution >= 4 is 29.1 Å². The maximum absolute atomic E-state index is 14.7. The van der Waals surface area contributed by atoms with Gasteiger partial charge in [-0.15, -0.1) is 0 Å². The minimum Gasteiger partial charge on any atom is -0.352 e. The van der Waals surface area contributed by atoms with Crippen molar-refractivity contribution < 1.29 is 18.8 Å². The van der Waals surface area contributed by atoms with Gasteiger partial charge in [0.15, 0.2) is 17.3 Å². The van der Waals surface area contributed by atoms with Crippen LogP contribution < -0.4 is 4.90 Å². The summed E-state index contributed by atoms with van der Waals surface area (Å²) in [5.74, 6) is -1.62. The molecule has 3 atom stereocenters. The van der Waals surface area contributed by atoms with Crippen molar-refractivity contribution in [3.63, 3.8) is 0 Å². The normalized spacial score (nSPS) is 21.8. The third-order valence-electron chi connectivity index (χ3n) is 9.05. The molecule has 4 aromatic rings. The predicted molar refractivity (Wildman–Crippen MR) is 157 cm³/mol. The number of Topliss-reactive ketones (excluding diaryl/α,β-unsaturated/α-hetero) is 3. The maximum atomic E-state index is 14.7. The van der Waals surface area contributed by atoms with Gasteiger partial charge in [0.05, 0.1) is 6.04 Å². The van der Waals surface area contributed by atoms with E-state index in [0.29, 0.717) is 33.9 Å². The average Bonchev–Trinajstić information content (AvgIpc) is 3.43. The molecule has 41 heavy (non-hydrogen) atoms. The SMILES string of the molecule is CC(C)c1ccc([C@@H]2[C@@H](C(=O)c3ccccc3)N3c4ccc(F)cc4C=C[C@@H]3C23C(=O)c2ccccc2C3=O)cc1. The Morgan fingerprint density at radius 2 is 1.46 bits per heavy atom. The lowest BCUT2D eigenvalue weighted by Crippen LogP contribution is -2.48. The molecule has 5 heteroatoms. The van der Waals surface area contributed by atoms with Gasteiger partial charge in [-0.2, -0.15) is 0 Å². The first-order valence-corrected chi connectivity index (χ1v) is 14.0. The highest BCUT2D eigenvalue weighted by Crippen LogP contribution is 2.61. The van der Waals surface area contributed by atoms with E-state index in [1.165, 1.54) is 12.1 Å². The summed E-state index contributed by atoms with van der Waals surface area (Å²) in [5, 5.41) is 0. The maximum Gasteiger partial charge on any atom is 0.185 e. The molecule has 202 valence electrons. The quantitative estimate of drug-likeness (QED) is 0.202. The number of rotatable bonds is 4. The summed E-state index contributed by atoms with van der Waals surface area (Å²) in [6.07, 6.45) is 3.59. The number of anilines is 1. The molecule has 0 aromatic heterocycles. The van der Waals surface area contributed by atoms with E-state index in [4.69, 9.17) is 0 Å². The van der Waals surface area contributed by atoms with Gasteiger partial charge >= 0.3 is 0 Å². The first kappa shape index (κ1) is 25.3. The average molecular weight is 542 g/mol. The number of carbonyl (C=O) groups is 3. The van der Waals surface area contributed by atoms with Crippen molar-refractivity contribution in [2.45, 2.75) is 37.8 Å². The molecule has 0 N–H and O–H groups in total. The fourth-order valence-corrected chi connectivity index (χ4v) is 7.18. The molecule has 1 fully saturated rings. The van der Waals surface area contributed by atoms with E-state index < -0.39 is 29.2 Å². The van der Waals surface area contributed by atoms with Crippen LogP contribution in [0, 0.1) is 11.2 Å². The second kappa shape index (κ2) is 9.20. The molecule has 0 amide bonds. The highest BCUT2D eigenvalue weighted by Gasteiger charge is 2.71. The summed E-state index contributed by atoms with van der Waals surface area (Å²) in [4.78, 5) is 45.8. The molecule has 1 aliphatic carbocycles. The molecule has 0 bridgehead atoms. The summed E-state index contributed by atoms with van der Waals surface area (Å²) >= 11 is 0. The molecular formula is C36H28FNO3. The Morgan fingerprint density at radius 1 is 0.829 bits per heavy atom. The number of carbonyl (C=O) groups excluding carboxylic acids is 3. The summed E-state index contributed by atoms with van der Waals surface area (Å²) in [5.41, 5.74) is 2.80. The van der Waals surface area contributed by atoms with Gasteiger partial charge in [-0.25, -0.2) is 4.39 Å². The molecule has 0 saturated carbocycles. The Hall–Kier alpha value is -4.64. The van der Waals surface area contributed by atoms with E-state index in [9.17, 15) is 18.8 Å². The van der Waals surface area contributed by atoms with E-state index >= 15 is 0 Å². The van der Waals surface area contributed by atoms with Crippen LogP contribution in [-0.4, -0.2) is 29.4 Å². The van der Waals surface area contributed by atoms with Crippen LogP contribution in [0.15, 0.2) is 103 Å². The molecule has 0 unspecified atom stereocenters. The van der Waals surface area contributed by atoms with Crippen molar-refractivity contribution in [2.75, 3.05) is 4.90 Å². The summed E-state index contributed by atoms with van der Waals surface area (Å²) < 4.78 is 14.4. The first-order chi connectivity index (χ1) is 19.8. The number of ketones is 3. The van der Waals surface area contributed by atoms with Crippen LogP contribution in [0.4, 0.5) is 10.1 Å². The molecular weight excluding hydrogens is 513 g/mol. The van der Waals surface area contributed by atoms with Crippen molar-refractivity contribution in [1.29, 1.82) is 0 Å². The van der Waals surface area contributed by atoms with Crippen molar-refractivity contribution in [3.05, 3.63) is 142 Å². The third-order valence-corrected chi connectivity index (χ3v) is 9.05. The summed E-state index contributed by atoms with van der Waals surface area (Å²) in [6.45, 7) is 4.21. The number of fused-ring (bicyclic) bond motifs is 5. The van der Waals surface area contributed by atoms with Crippen LogP contribution in [-0.2, 0) is 0 Å². The molecule has 4 aromatic carbocycles. The lowest BCUT2D eigenvalue weighted by atomic mass is 9.64. The fourth-order valence-electron chi connectivity index (χ4n) is 7.18. The van der Waals surface area contributed by atoms with Crippen molar-refractivity contribution in [3.8, 4) is 0 Å².